The minimum absolute atomic E-state index is 0.153. The molecule has 122 valence electrons. The minimum Gasteiger partial charge on any atom is -0.474 e. The van der Waals surface area contributed by atoms with Crippen molar-refractivity contribution in [1.29, 1.82) is 0 Å². The largest absolute Gasteiger partial charge is 0.474 e. The van der Waals surface area contributed by atoms with E-state index in [1.165, 1.54) is 4.90 Å². The van der Waals surface area contributed by atoms with Crippen molar-refractivity contribution in [2.45, 2.75) is 0 Å². The van der Waals surface area contributed by atoms with Gasteiger partial charge in [0.1, 0.15) is 19.0 Å². The van der Waals surface area contributed by atoms with Crippen LogP contribution in [0.1, 0.15) is 0 Å². The Labute approximate surface area is 129 Å². The Hall–Kier alpha value is -2.22. The summed E-state index contributed by atoms with van der Waals surface area (Å²) in [7, 11) is 3.24. The van der Waals surface area contributed by atoms with Gasteiger partial charge in [-0.2, -0.15) is 4.98 Å². The number of carbonyl (C=O) groups is 1. The first-order valence-corrected chi connectivity index (χ1v) is 7.13. The fraction of sp³-hybridized carbons (Fsp3) is 0.571. The summed E-state index contributed by atoms with van der Waals surface area (Å²) in [5, 5.41) is 0. The van der Waals surface area contributed by atoms with Crippen LogP contribution in [0.15, 0.2) is 12.1 Å². The van der Waals surface area contributed by atoms with Gasteiger partial charge >= 0.3 is 6.09 Å². The maximum atomic E-state index is 11.3. The highest BCUT2D eigenvalue weighted by molar-refractivity contribution is 5.66. The van der Waals surface area contributed by atoms with Gasteiger partial charge in [-0.1, -0.05) is 0 Å². The third kappa shape index (κ3) is 4.66. The third-order valence-electron chi connectivity index (χ3n) is 3.11. The van der Waals surface area contributed by atoms with Crippen LogP contribution in [-0.2, 0) is 9.47 Å². The van der Waals surface area contributed by atoms with Gasteiger partial charge in [-0.25, -0.2) is 4.79 Å². The van der Waals surface area contributed by atoms with Crippen molar-refractivity contribution < 1.29 is 19.0 Å². The molecule has 1 saturated heterocycles. The molecule has 0 spiro atoms. The lowest BCUT2D eigenvalue weighted by Gasteiger charge is -2.29. The molecular formula is C14H22N4O4. The molecule has 2 heterocycles. The average Bonchev–Trinajstić information content (AvgIpc) is 2.51. The molecule has 0 aliphatic carbocycles. The van der Waals surface area contributed by atoms with E-state index in [0.29, 0.717) is 24.9 Å². The van der Waals surface area contributed by atoms with Gasteiger partial charge in [-0.15, -0.1) is 0 Å². The van der Waals surface area contributed by atoms with Crippen LogP contribution >= 0.6 is 0 Å². The summed E-state index contributed by atoms with van der Waals surface area (Å²) in [4.78, 5) is 18.9. The Morgan fingerprint density at radius 1 is 1.36 bits per heavy atom. The second kappa shape index (κ2) is 7.69. The van der Waals surface area contributed by atoms with Gasteiger partial charge in [0, 0.05) is 45.0 Å². The summed E-state index contributed by atoms with van der Waals surface area (Å²) in [6.45, 7) is 3.38. The number of pyridine rings is 1. The van der Waals surface area contributed by atoms with Crippen LogP contribution in [0.25, 0.3) is 0 Å². The van der Waals surface area contributed by atoms with E-state index in [9.17, 15) is 4.79 Å². The molecule has 0 saturated carbocycles. The molecule has 22 heavy (non-hydrogen) atoms. The molecule has 1 aliphatic heterocycles. The Bertz CT molecular complexity index is 504. The number of hydrogen-bond acceptors (Lipinski definition) is 7. The van der Waals surface area contributed by atoms with Crippen LogP contribution in [0, 0.1) is 0 Å². The molecule has 2 rings (SSSR count). The molecule has 8 nitrogen and oxygen atoms in total. The number of morpholine rings is 1. The van der Waals surface area contributed by atoms with Crippen molar-refractivity contribution >= 4 is 17.6 Å². The zero-order valence-electron chi connectivity index (χ0n) is 12.9. The predicted octanol–water partition coefficient (Wildman–Crippen LogP) is 0.577. The summed E-state index contributed by atoms with van der Waals surface area (Å²) in [6, 6.07) is 3.64. The SMILES string of the molecule is CN(C)C(=O)OCCOc1cc(N2CCOCC2)cc(N)n1. The highest BCUT2D eigenvalue weighted by Gasteiger charge is 2.13. The van der Waals surface area contributed by atoms with Gasteiger partial charge in [-0.3, -0.25) is 0 Å². The normalized spacial score (nSPS) is 14.5. The van der Waals surface area contributed by atoms with Crippen molar-refractivity contribution in [3.8, 4) is 5.88 Å². The average molecular weight is 310 g/mol. The van der Waals surface area contributed by atoms with Crippen LogP contribution in [-0.4, -0.2) is 69.6 Å². The molecule has 1 amide bonds. The van der Waals surface area contributed by atoms with Crippen LogP contribution in [0.5, 0.6) is 5.88 Å². The first-order chi connectivity index (χ1) is 10.6. The number of rotatable bonds is 5. The number of carbonyl (C=O) groups excluding carboxylic acids is 1. The second-order valence-electron chi connectivity index (χ2n) is 5.05. The van der Waals surface area contributed by atoms with Gasteiger partial charge in [-0.05, 0) is 0 Å². The third-order valence-corrected chi connectivity index (χ3v) is 3.11. The fourth-order valence-electron chi connectivity index (χ4n) is 1.99. The molecule has 0 atom stereocenters. The maximum absolute atomic E-state index is 11.3. The zero-order chi connectivity index (χ0) is 15.9. The van der Waals surface area contributed by atoms with Crippen LogP contribution in [0.4, 0.5) is 16.3 Å². The molecule has 2 N–H and O–H groups in total. The number of anilines is 2. The Balaban J connectivity index is 1.88. The first-order valence-electron chi connectivity index (χ1n) is 7.13. The highest BCUT2D eigenvalue weighted by Crippen LogP contribution is 2.23. The Morgan fingerprint density at radius 3 is 2.77 bits per heavy atom. The molecule has 8 heteroatoms. The van der Waals surface area contributed by atoms with E-state index in [2.05, 4.69) is 9.88 Å². The van der Waals surface area contributed by atoms with E-state index < -0.39 is 6.09 Å². The van der Waals surface area contributed by atoms with Crippen molar-refractivity contribution in [2.24, 2.45) is 0 Å². The lowest BCUT2D eigenvalue weighted by molar-refractivity contribution is 0.101. The van der Waals surface area contributed by atoms with E-state index in [1.54, 1.807) is 14.1 Å². The molecule has 0 aromatic carbocycles. The van der Waals surface area contributed by atoms with E-state index in [1.807, 2.05) is 12.1 Å². The lowest BCUT2D eigenvalue weighted by atomic mass is 10.3. The molecule has 1 aliphatic rings. The topological polar surface area (TPSA) is 90.2 Å². The van der Waals surface area contributed by atoms with Gasteiger partial charge in [0.15, 0.2) is 0 Å². The number of nitrogen functional groups attached to an aromatic ring is 1. The van der Waals surface area contributed by atoms with E-state index in [-0.39, 0.29) is 13.2 Å². The number of nitrogens with zero attached hydrogens (tertiary/aromatic N) is 3. The van der Waals surface area contributed by atoms with Crippen molar-refractivity contribution in [3.05, 3.63) is 12.1 Å². The summed E-state index contributed by atoms with van der Waals surface area (Å²) in [5.41, 5.74) is 6.77. The summed E-state index contributed by atoms with van der Waals surface area (Å²) in [6.07, 6.45) is -0.404. The molecule has 1 fully saturated rings. The Morgan fingerprint density at radius 2 is 2.09 bits per heavy atom. The zero-order valence-corrected chi connectivity index (χ0v) is 12.9. The number of aromatic nitrogens is 1. The summed E-state index contributed by atoms with van der Waals surface area (Å²) in [5.74, 6) is 0.812. The van der Waals surface area contributed by atoms with E-state index in [0.717, 1.165) is 18.8 Å². The fourth-order valence-corrected chi connectivity index (χ4v) is 1.99. The van der Waals surface area contributed by atoms with Crippen molar-refractivity contribution in [1.82, 2.24) is 9.88 Å². The standard InChI is InChI=1S/C14H22N4O4/c1-17(2)14(19)22-8-7-21-13-10-11(9-12(15)16-13)18-3-5-20-6-4-18/h9-10H,3-8H2,1-2H3,(H2,15,16). The molecule has 0 radical (unpaired) electrons. The number of hydrogen-bond donors (Lipinski definition) is 1. The predicted molar refractivity (Wildman–Crippen MR) is 82.2 cm³/mol. The van der Waals surface area contributed by atoms with Gasteiger partial charge in [0.2, 0.25) is 5.88 Å². The van der Waals surface area contributed by atoms with Gasteiger partial charge < -0.3 is 29.7 Å². The van der Waals surface area contributed by atoms with Crippen LogP contribution in [0.3, 0.4) is 0 Å². The van der Waals surface area contributed by atoms with E-state index in [4.69, 9.17) is 19.9 Å². The van der Waals surface area contributed by atoms with Crippen molar-refractivity contribution in [3.63, 3.8) is 0 Å². The van der Waals surface area contributed by atoms with Crippen LogP contribution < -0.4 is 15.4 Å². The molecule has 1 aromatic heterocycles. The number of ether oxygens (including phenoxy) is 3. The molecular weight excluding hydrogens is 288 g/mol. The molecule has 0 bridgehead atoms. The van der Waals surface area contributed by atoms with Crippen molar-refractivity contribution in [2.75, 3.05) is 64.2 Å². The number of amides is 1. The molecule has 0 unspecified atom stereocenters. The Kier molecular flexibility index (Phi) is 5.65. The highest BCUT2D eigenvalue weighted by atomic mass is 16.6. The smallest absolute Gasteiger partial charge is 0.409 e. The molecule has 1 aromatic rings. The maximum Gasteiger partial charge on any atom is 0.409 e. The minimum atomic E-state index is -0.404. The monoisotopic (exact) mass is 310 g/mol. The number of nitrogens with two attached hydrogens (primary N) is 1. The first kappa shape index (κ1) is 16.2. The quantitative estimate of drug-likeness (QED) is 0.795. The summed E-state index contributed by atoms with van der Waals surface area (Å²) >= 11 is 0. The summed E-state index contributed by atoms with van der Waals surface area (Å²) < 4.78 is 15.8. The van der Waals surface area contributed by atoms with Gasteiger partial charge in [0.25, 0.3) is 0 Å². The van der Waals surface area contributed by atoms with E-state index >= 15 is 0 Å². The van der Waals surface area contributed by atoms with Gasteiger partial charge in [0.05, 0.1) is 13.2 Å². The lowest BCUT2D eigenvalue weighted by Crippen LogP contribution is -2.36. The second-order valence-corrected chi connectivity index (χ2v) is 5.05. The van der Waals surface area contributed by atoms with Crippen LogP contribution in [0.2, 0.25) is 0 Å².